The first-order chi connectivity index (χ1) is 9.19. The summed E-state index contributed by atoms with van der Waals surface area (Å²) < 4.78 is 41.0. The van der Waals surface area contributed by atoms with E-state index in [0.29, 0.717) is 11.3 Å². The van der Waals surface area contributed by atoms with E-state index >= 15 is 0 Å². The second-order valence-electron chi connectivity index (χ2n) is 4.51. The number of amides is 1. The average molecular weight is 290 g/mol. The lowest BCUT2D eigenvalue weighted by Crippen LogP contribution is -2.36. The molecular weight excluding hydrogens is 273 g/mol. The van der Waals surface area contributed by atoms with Gasteiger partial charge in [-0.15, -0.1) is 0 Å². The van der Waals surface area contributed by atoms with Crippen molar-refractivity contribution >= 4 is 5.91 Å². The zero-order valence-corrected chi connectivity index (χ0v) is 11.3. The molecule has 112 valence electrons. The Balaban J connectivity index is 2.61. The topological polar surface area (TPSA) is 64.3 Å². The molecule has 0 aliphatic heterocycles. The number of nitrogens with two attached hydrogens (primary N) is 1. The number of alkyl halides is 3. The minimum Gasteiger partial charge on any atom is -0.483 e. The van der Waals surface area contributed by atoms with Crippen LogP contribution in [0.25, 0.3) is 0 Å². The zero-order valence-electron chi connectivity index (χ0n) is 11.3. The molecular formula is C13H17F3N2O2. The molecule has 0 aliphatic carbocycles. The van der Waals surface area contributed by atoms with E-state index in [1.54, 1.807) is 24.4 Å². The Morgan fingerprint density at radius 2 is 2.10 bits per heavy atom. The fraction of sp³-hybridized carbons (Fsp3) is 0.462. The monoisotopic (exact) mass is 290 g/mol. The van der Waals surface area contributed by atoms with Crippen molar-refractivity contribution in [3.8, 4) is 5.75 Å². The van der Waals surface area contributed by atoms with Gasteiger partial charge in [-0.1, -0.05) is 12.1 Å². The summed E-state index contributed by atoms with van der Waals surface area (Å²) in [7, 11) is 0. The molecule has 0 fully saturated rings. The molecule has 0 bridgehead atoms. The maximum Gasteiger partial charge on any atom is 0.405 e. The highest BCUT2D eigenvalue weighted by molar-refractivity contribution is 5.77. The highest BCUT2D eigenvalue weighted by Gasteiger charge is 2.27. The van der Waals surface area contributed by atoms with Crippen LogP contribution in [-0.2, 0) is 4.79 Å². The minimum atomic E-state index is -4.43. The Bertz CT molecular complexity index is 473. The van der Waals surface area contributed by atoms with Gasteiger partial charge in [-0.3, -0.25) is 4.79 Å². The molecule has 1 aromatic rings. The van der Waals surface area contributed by atoms with Crippen LogP contribution >= 0.6 is 0 Å². The maximum absolute atomic E-state index is 11.9. The summed E-state index contributed by atoms with van der Waals surface area (Å²) >= 11 is 0. The van der Waals surface area contributed by atoms with Gasteiger partial charge in [0.05, 0.1) is 0 Å². The summed E-state index contributed by atoms with van der Waals surface area (Å²) in [4.78, 5) is 11.3. The molecule has 0 aliphatic rings. The molecule has 1 aromatic carbocycles. The fourth-order valence-corrected chi connectivity index (χ4v) is 1.54. The van der Waals surface area contributed by atoms with Gasteiger partial charge in [-0.05, 0) is 25.5 Å². The molecule has 3 N–H and O–H groups in total. The largest absolute Gasteiger partial charge is 0.483 e. The molecule has 1 atom stereocenters. The van der Waals surface area contributed by atoms with Gasteiger partial charge in [-0.25, -0.2) is 0 Å². The molecule has 0 aromatic heterocycles. The number of carbonyl (C=O) groups excluding carboxylic acids is 1. The normalized spacial score (nSPS) is 12.9. The van der Waals surface area contributed by atoms with Crippen LogP contribution < -0.4 is 15.8 Å². The number of rotatable bonds is 5. The number of ether oxygens (including phenoxy) is 1. The van der Waals surface area contributed by atoms with Gasteiger partial charge < -0.3 is 15.8 Å². The van der Waals surface area contributed by atoms with E-state index in [2.05, 4.69) is 0 Å². The van der Waals surface area contributed by atoms with Crippen LogP contribution in [0.2, 0.25) is 0 Å². The summed E-state index contributed by atoms with van der Waals surface area (Å²) in [5.41, 5.74) is 7.35. The summed E-state index contributed by atoms with van der Waals surface area (Å²) in [5, 5.41) is 1.74. The fourth-order valence-electron chi connectivity index (χ4n) is 1.54. The van der Waals surface area contributed by atoms with Crippen LogP contribution in [0.5, 0.6) is 5.75 Å². The van der Waals surface area contributed by atoms with Crippen molar-refractivity contribution in [1.29, 1.82) is 0 Å². The number of hydrogen-bond acceptors (Lipinski definition) is 3. The molecule has 0 unspecified atom stereocenters. The number of aryl methyl sites for hydroxylation is 1. The van der Waals surface area contributed by atoms with Crippen molar-refractivity contribution in [3.63, 3.8) is 0 Å². The molecule has 4 nitrogen and oxygen atoms in total. The van der Waals surface area contributed by atoms with Crippen LogP contribution in [0.3, 0.4) is 0 Å². The Morgan fingerprint density at radius 3 is 2.65 bits per heavy atom. The Labute approximate surface area is 115 Å². The van der Waals surface area contributed by atoms with Gasteiger partial charge in [0.2, 0.25) is 0 Å². The lowest BCUT2D eigenvalue weighted by molar-refractivity contribution is -0.139. The first-order valence-corrected chi connectivity index (χ1v) is 6.01. The van der Waals surface area contributed by atoms with E-state index in [1.807, 2.05) is 13.0 Å². The van der Waals surface area contributed by atoms with Crippen molar-refractivity contribution < 1.29 is 22.7 Å². The van der Waals surface area contributed by atoms with Gasteiger partial charge in [-0.2, -0.15) is 13.2 Å². The lowest BCUT2D eigenvalue weighted by atomic mass is 10.1. The predicted octanol–water partition coefficient (Wildman–Crippen LogP) is 2.07. The summed E-state index contributed by atoms with van der Waals surface area (Å²) in [6, 6.07) is 5.00. The van der Waals surface area contributed by atoms with Crippen molar-refractivity contribution in [2.45, 2.75) is 26.1 Å². The highest BCUT2D eigenvalue weighted by Crippen LogP contribution is 2.25. The second-order valence-corrected chi connectivity index (χ2v) is 4.51. The maximum atomic E-state index is 11.9. The third kappa shape index (κ3) is 5.48. The summed E-state index contributed by atoms with van der Waals surface area (Å²) in [5.74, 6) is -0.429. The zero-order chi connectivity index (χ0) is 15.3. The van der Waals surface area contributed by atoms with Gasteiger partial charge in [0, 0.05) is 11.6 Å². The van der Waals surface area contributed by atoms with E-state index in [4.69, 9.17) is 10.5 Å². The van der Waals surface area contributed by atoms with E-state index in [9.17, 15) is 18.0 Å². The number of hydrogen-bond donors (Lipinski definition) is 2. The predicted molar refractivity (Wildman–Crippen MR) is 68.3 cm³/mol. The standard InChI is InChI=1S/C13H17F3N2O2/c1-8-3-4-10(9(2)17)11(5-8)20-6-12(19)18-7-13(14,15)16/h3-5,9H,6-7,17H2,1-2H3,(H,18,19)/t9-/m1/s1. The van der Waals surface area contributed by atoms with E-state index in [1.165, 1.54) is 0 Å². The van der Waals surface area contributed by atoms with Gasteiger partial charge in [0.15, 0.2) is 6.61 Å². The van der Waals surface area contributed by atoms with Crippen LogP contribution in [0.15, 0.2) is 18.2 Å². The van der Waals surface area contributed by atoms with Gasteiger partial charge in [0.25, 0.3) is 5.91 Å². The number of benzene rings is 1. The SMILES string of the molecule is Cc1ccc([C@@H](C)N)c(OCC(=O)NCC(F)(F)F)c1. The van der Waals surface area contributed by atoms with E-state index in [0.717, 1.165) is 5.56 Å². The molecule has 0 spiro atoms. The third-order valence-corrected chi connectivity index (χ3v) is 2.50. The van der Waals surface area contributed by atoms with Crippen molar-refractivity contribution in [2.75, 3.05) is 13.2 Å². The Kier molecular flexibility index (Phi) is 5.38. The third-order valence-electron chi connectivity index (χ3n) is 2.50. The van der Waals surface area contributed by atoms with Crippen LogP contribution in [-0.4, -0.2) is 25.2 Å². The van der Waals surface area contributed by atoms with Crippen molar-refractivity contribution in [2.24, 2.45) is 5.73 Å². The van der Waals surface area contributed by atoms with E-state index in [-0.39, 0.29) is 6.04 Å². The van der Waals surface area contributed by atoms with Gasteiger partial charge in [0.1, 0.15) is 12.3 Å². The number of carbonyl (C=O) groups is 1. The van der Waals surface area contributed by atoms with Crippen LogP contribution in [0.4, 0.5) is 13.2 Å². The van der Waals surface area contributed by atoms with Crippen LogP contribution in [0, 0.1) is 6.92 Å². The number of halogens is 3. The van der Waals surface area contributed by atoms with Crippen LogP contribution in [0.1, 0.15) is 24.1 Å². The molecule has 7 heteroatoms. The highest BCUT2D eigenvalue weighted by atomic mass is 19.4. The quantitative estimate of drug-likeness (QED) is 0.872. The summed E-state index contributed by atoms with van der Waals surface area (Å²) in [6.07, 6.45) is -4.43. The first-order valence-electron chi connectivity index (χ1n) is 6.01. The van der Waals surface area contributed by atoms with Crippen molar-refractivity contribution in [3.05, 3.63) is 29.3 Å². The molecule has 0 saturated heterocycles. The Hall–Kier alpha value is -1.76. The number of nitrogens with one attached hydrogen (secondary N) is 1. The molecule has 0 saturated carbocycles. The average Bonchev–Trinajstić information content (AvgIpc) is 2.32. The molecule has 0 heterocycles. The Morgan fingerprint density at radius 1 is 1.45 bits per heavy atom. The van der Waals surface area contributed by atoms with Gasteiger partial charge >= 0.3 is 6.18 Å². The second kappa shape index (κ2) is 6.60. The first kappa shape index (κ1) is 16.3. The molecule has 0 radical (unpaired) electrons. The molecule has 1 amide bonds. The lowest BCUT2D eigenvalue weighted by Gasteiger charge is -2.15. The van der Waals surface area contributed by atoms with Crippen molar-refractivity contribution in [1.82, 2.24) is 5.32 Å². The minimum absolute atomic E-state index is 0.302. The molecule has 20 heavy (non-hydrogen) atoms. The summed E-state index contributed by atoms with van der Waals surface area (Å²) in [6.45, 7) is 1.73. The molecule has 1 rings (SSSR count). The van der Waals surface area contributed by atoms with E-state index < -0.39 is 25.2 Å². The smallest absolute Gasteiger partial charge is 0.405 e.